The summed E-state index contributed by atoms with van der Waals surface area (Å²) in [5.74, 6) is -0.825. The summed E-state index contributed by atoms with van der Waals surface area (Å²) in [5.41, 5.74) is 0. The molecule has 0 saturated heterocycles. The van der Waals surface area contributed by atoms with Gasteiger partial charge in [-0.05, 0) is 32.1 Å². The van der Waals surface area contributed by atoms with Crippen molar-refractivity contribution in [2.24, 2.45) is 0 Å². The quantitative estimate of drug-likeness (QED) is 0.0452. The number of carbonyl (C=O) groups is 2. The number of aliphatic hydroxyl groups excluding tert-OH is 3. The molecule has 248 valence electrons. The van der Waals surface area contributed by atoms with E-state index in [1.807, 2.05) is 36.5 Å². The zero-order valence-electron chi connectivity index (χ0n) is 27.2. The van der Waals surface area contributed by atoms with Crippen LogP contribution in [0, 0.1) is 0 Å². The lowest BCUT2D eigenvalue weighted by molar-refractivity contribution is -0.161. The normalized spacial score (nSPS) is 14.3. The third-order valence-corrected chi connectivity index (χ3v) is 7.08. The zero-order chi connectivity index (χ0) is 31.8. The number of allylic oxidation sites excluding steroid dienone is 6. The van der Waals surface area contributed by atoms with Gasteiger partial charge in [-0.3, -0.25) is 9.59 Å². The van der Waals surface area contributed by atoms with E-state index in [4.69, 9.17) is 9.47 Å². The van der Waals surface area contributed by atoms with Gasteiger partial charge in [0.1, 0.15) is 6.61 Å². The predicted molar refractivity (Wildman–Crippen MR) is 176 cm³/mol. The van der Waals surface area contributed by atoms with Gasteiger partial charge in [0.2, 0.25) is 0 Å². The number of hydrogen-bond acceptors (Lipinski definition) is 7. The largest absolute Gasteiger partial charge is 0.462 e. The SMILES string of the molecule is CCCCCCCCCCCCC(=O)O[C@@H](CO)COC(=O)CCC[C@@H](O)/C=C/C=C\C/C=C\C=C\[C@@H](O)CCCCC. The van der Waals surface area contributed by atoms with Crippen molar-refractivity contribution in [1.29, 1.82) is 0 Å². The second-order valence-electron chi connectivity index (χ2n) is 11.3. The maximum absolute atomic E-state index is 12.1. The highest BCUT2D eigenvalue weighted by molar-refractivity contribution is 5.70. The van der Waals surface area contributed by atoms with Gasteiger partial charge in [0.05, 0.1) is 18.8 Å². The standard InChI is InChI=1S/C36H62O7/c1-3-5-7-8-9-10-11-15-18-22-28-36(41)43-34(30-37)31-42-35(40)29-23-27-33(39)26-21-17-14-12-13-16-20-25-32(38)24-19-6-4-2/h13-14,16-17,20-21,25-26,32-34,37-39H,3-12,15,18-19,22-24,27-31H2,1-2H3/b16-13-,17-14-,25-20+,26-21+/t32-,33-,34-/m0/s1. The number of ether oxygens (including phenoxy) is 2. The number of aliphatic hydroxyl groups is 3. The number of rotatable bonds is 29. The van der Waals surface area contributed by atoms with Crippen LogP contribution in [0.25, 0.3) is 0 Å². The van der Waals surface area contributed by atoms with Crippen molar-refractivity contribution >= 4 is 11.9 Å². The van der Waals surface area contributed by atoms with Gasteiger partial charge in [-0.1, -0.05) is 140 Å². The molecule has 0 heterocycles. The fourth-order valence-electron chi connectivity index (χ4n) is 4.41. The molecule has 7 heteroatoms. The summed E-state index contributed by atoms with van der Waals surface area (Å²) in [7, 11) is 0. The number of hydrogen-bond donors (Lipinski definition) is 3. The van der Waals surface area contributed by atoms with E-state index in [1.54, 1.807) is 12.2 Å². The molecule has 0 radical (unpaired) electrons. The van der Waals surface area contributed by atoms with Crippen LogP contribution in [0.1, 0.15) is 136 Å². The van der Waals surface area contributed by atoms with Crippen LogP contribution in [0.5, 0.6) is 0 Å². The number of carbonyl (C=O) groups excluding carboxylic acids is 2. The van der Waals surface area contributed by atoms with Crippen LogP contribution in [-0.4, -0.2) is 58.8 Å². The second kappa shape index (κ2) is 31.2. The number of esters is 2. The molecule has 0 amide bonds. The van der Waals surface area contributed by atoms with Crippen molar-refractivity contribution in [1.82, 2.24) is 0 Å². The Bertz CT molecular complexity index is 772. The molecule has 7 nitrogen and oxygen atoms in total. The predicted octanol–water partition coefficient (Wildman–Crippen LogP) is 7.83. The highest BCUT2D eigenvalue weighted by Crippen LogP contribution is 2.12. The molecular formula is C36H62O7. The van der Waals surface area contributed by atoms with Crippen molar-refractivity contribution in [2.45, 2.75) is 154 Å². The maximum atomic E-state index is 12.1. The van der Waals surface area contributed by atoms with E-state index in [1.165, 1.54) is 44.9 Å². The molecule has 0 aliphatic rings. The first kappa shape index (κ1) is 40.8. The van der Waals surface area contributed by atoms with E-state index in [-0.39, 0.29) is 25.1 Å². The minimum absolute atomic E-state index is 0.136. The van der Waals surface area contributed by atoms with Crippen molar-refractivity contribution < 1.29 is 34.4 Å². The summed E-state index contributed by atoms with van der Waals surface area (Å²) >= 11 is 0. The molecule has 0 aromatic heterocycles. The average Bonchev–Trinajstić information content (AvgIpc) is 2.99. The minimum atomic E-state index is -0.854. The Labute approximate surface area is 262 Å². The zero-order valence-corrected chi connectivity index (χ0v) is 27.2. The first-order valence-corrected chi connectivity index (χ1v) is 16.9. The summed E-state index contributed by atoms with van der Waals surface area (Å²) in [6.45, 7) is 3.80. The lowest BCUT2D eigenvalue weighted by atomic mass is 10.1. The Balaban J connectivity index is 3.90. The molecule has 0 spiro atoms. The molecule has 0 bridgehead atoms. The molecule has 0 rings (SSSR count). The van der Waals surface area contributed by atoms with E-state index in [0.717, 1.165) is 51.4 Å². The molecule has 0 aliphatic carbocycles. The summed E-state index contributed by atoms with van der Waals surface area (Å²) in [6, 6.07) is 0. The topological polar surface area (TPSA) is 113 Å². The van der Waals surface area contributed by atoms with E-state index in [2.05, 4.69) is 13.8 Å². The number of unbranched alkanes of at least 4 members (excludes halogenated alkanes) is 11. The van der Waals surface area contributed by atoms with Crippen LogP contribution < -0.4 is 0 Å². The molecule has 3 N–H and O–H groups in total. The third-order valence-electron chi connectivity index (χ3n) is 7.08. The van der Waals surface area contributed by atoms with Gasteiger partial charge in [-0.15, -0.1) is 0 Å². The van der Waals surface area contributed by atoms with Crippen molar-refractivity contribution in [3.8, 4) is 0 Å². The monoisotopic (exact) mass is 606 g/mol. The van der Waals surface area contributed by atoms with Crippen LogP contribution >= 0.6 is 0 Å². The first-order valence-electron chi connectivity index (χ1n) is 16.9. The average molecular weight is 607 g/mol. The van der Waals surface area contributed by atoms with Gasteiger partial charge in [0.15, 0.2) is 6.10 Å². The van der Waals surface area contributed by atoms with Gasteiger partial charge >= 0.3 is 11.9 Å². The fourth-order valence-corrected chi connectivity index (χ4v) is 4.41. The molecule has 0 fully saturated rings. The summed E-state index contributed by atoms with van der Waals surface area (Å²) in [6.07, 6.45) is 31.0. The van der Waals surface area contributed by atoms with E-state index < -0.39 is 24.8 Å². The summed E-state index contributed by atoms with van der Waals surface area (Å²) < 4.78 is 10.4. The minimum Gasteiger partial charge on any atom is -0.462 e. The highest BCUT2D eigenvalue weighted by Gasteiger charge is 2.16. The molecule has 0 aliphatic heterocycles. The van der Waals surface area contributed by atoms with E-state index >= 15 is 0 Å². The molecule has 0 aromatic rings. The Morgan fingerprint density at radius 3 is 1.67 bits per heavy atom. The van der Waals surface area contributed by atoms with Crippen LogP contribution in [0.3, 0.4) is 0 Å². The Kier molecular flexibility index (Phi) is 29.6. The van der Waals surface area contributed by atoms with E-state index in [0.29, 0.717) is 19.3 Å². The summed E-state index contributed by atoms with van der Waals surface area (Å²) in [4.78, 5) is 24.1. The van der Waals surface area contributed by atoms with Gasteiger partial charge in [0.25, 0.3) is 0 Å². The van der Waals surface area contributed by atoms with Crippen molar-refractivity contribution in [3.63, 3.8) is 0 Å². The molecular weight excluding hydrogens is 544 g/mol. The first-order chi connectivity index (χ1) is 20.9. The maximum Gasteiger partial charge on any atom is 0.306 e. The van der Waals surface area contributed by atoms with Crippen molar-refractivity contribution in [3.05, 3.63) is 48.6 Å². The highest BCUT2D eigenvalue weighted by atomic mass is 16.6. The van der Waals surface area contributed by atoms with Crippen LogP contribution in [0.15, 0.2) is 48.6 Å². The Hall–Kier alpha value is -2.22. The Morgan fingerprint density at radius 1 is 0.628 bits per heavy atom. The van der Waals surface area contributed by atoms with Crippen LogP contribution in [-0.2, 0) is 19.1 Å². The van der Waals surface area contributed by atoms with Crippen molar-refractivity contribution in [2.75, 3.05) is 13.2 Å². The fraction of sp³-hybridized carbons (Fsp3) is 0.722. The van der Waals surface area contributed by atoms with Gasteiger partial charge in [-0.25, -0.2) is 0 Å². The van der Waals surface area contributed by atoms with Gasteiger partial charge in [-0.2, -0.15) is 0 Å². The Morgan fingerprint density at radius 2 is 1.12 bits per heavy atom. The van der Waals surface area contributed by atoms with E-state index in [9.17, 15) is 24.9 Å². The van der Waals surface area contributed by atoms with Gasteiger partial charge < -0.3 is 24.8 Å². The lowest BCUT2D eigenvalue weighted by Gasteiger charge is -2.16. The molecule has 0 aromatic carbocycles. The smallest absolute Gasteiger partial charge is 0.306 e. The van der Waals surface area contributed by atoms with Crippen LogP contribution in [0.2, 0.25) is 0 Å². The second-order valence-corrected chi connectivity index (χ2v) is 11.3. The lowest BCUT2D eigenvalue weighted by Crippen LogP contribution is -2.28. The summed E-state index contributed by atoms with van der Waals surface area (Å²) in [5, 5.41) is 29.4. The molecule has 43 heavy (non-hydrogen) atoms. The molecule has 3 atom stereocenters. The van der Waals surface area contributed by atoms with Crippen LogP contribution in [0.4, 0.5) is 0 Å². The van der Waals surface area contributed by atoms with Gasteiger partial charge in [0, 0.05) is 12.8 Å². The molecule has 0 saturated carbocycles. The molecule has 0 unspecified atom stereocenters. The third kappa shape index (κ3) is 29.6.